The number of nitrogen functional groups attached to an aromatic ring is 1. The Morgan fingerprint density at radius 3 is 2.83 bits per heavy atom. The molecular weight excluding hydrogens is 300 g/mol. The monoisotopic (exact) mass is 322 g/mol. The number of nitrogens with one attached hydrogen (secondary N) is 1. The van der Waals surface area contributed by atoms with Gasteiger partial charge in [-0.25, -0.2) is 15.0 Å². The first kappa shape index (κ1) is 16.1. The van der Waals surface area contributed by atoms with Crippen molar-refractivity contribution in [3.63, 3.8) is 0 Å². The van der Waals surface area contributed by atoms with Gasteiger partial charge >= 0.3 is 0 Å². The van der Waals surface area contributed by atoms with Gasteiger partial charge in [0.15, 0.2) is 17.7 Å². The molecule has 1 aliphatic rings. The fourth-order valence-electron chi connectivity index (χ4n) is 3.11. The van der Waals surface area contributed by atoms with Crippen LogP contribution in [0.1, 0.15) is 12.1 Å². The molecule has 0 radical (unpaired) electrons. The molecule has 0 aliphatic carbocycles. The zero-order chi connectivity index (χ0) is 16.6. The Bertz CT molecular complexity index is 690. The van der Waals surface area contributed by atoms with Gasteiger partial charge in [-0.15, -0.1) is 0 Å². The molecule has 2 unspecified atom stereocenters. The molecule has 126 valence electrons. The van der Waals surface area contributed by atoms with Gasteiger partial charge in [-0.3, -0.25) is 4.57 Å². The molecule has 1 saturated heterocycles. The fraction of sp³-hybridized carbons (Fsp3) is 0.643. The highest BCUT2D eigenvalue weighted by atomic mass is 16.6. The van der Waals surface area contributed by atoms with Crippen LogP contribution in [0.3, 0.4) is 0 Å². The number of ether oxygens (including phenoxy) is 3. The molecule has 0 aromatic carbocycles. The van der Waals surface area contributed by atoms with Crippen molar-refractivity contribution in [1.82, 2.24) is 24.8 Å². The lowest BCUT2D eigenvalue weighted by Gasteiger charge is -2.22. The topological polar surface area (TPSA) is 109 Å². The van der Waals surface area contributed by atoms with E-state index < -0.39 is 0 Å². The zero-order valence-corrected chi connectivity index (χ0v) is 13.7. The summed E-state index contributed by atoms with van der Waals surface area (Å²) in [5.41, 5.74) is 7.13. The average molecular weight is 322 g/mol. The number of aryl methyl sites for hydroxylation is 1. The number of imidazole rings is 1. The molecule has 9 nitrogen and oxygen atoms in total. The number of methoxy groups -OCH3 is 2. The molecular formula is C14H22N6O3. The van der Waals surface area contributed by atoms with Gasteiger partial charge in [0.25, 0.3) is 0 Å². The lowest BCUT2D eigenvalue weighted by molar-refractivity contribution is -0.0626. The largest absolute Gasteiger partial charge is 0.382 e. The minimum absolute atomic E-state index is 0.0114. The van der Waals surface area contributed by atoms with E-state index in [-0.39, 0.29) is 24.5 Å². The standard InChI is InChI=1S/C14H22N6O3/c1-7-18-12(15)10-13(19-7)20(6-17-10)14-11(22-4)9(16-2)8(23-14)5-21-3/h6,8-9,11,14,16H,5H2,1-4H3,(H2,15,18,19)/t8-,9?,11?,14-/m1/s1. The summed E-state index contributed by atoms with van der Waals surface area (Å²) in [6.07, 6.45) is 0.927. The van der Waals surface area contributed by atoms with Crippen molar-refractivity contribution in [2.45, 2.75) is 31.4 Å². The first-order valence-electron chi connectivity index (χ1n) is 7.41. The van der Waals surface area contributed by atoms with Gasteiger partial charge in [0, 0.05) is 14.2 Å². The van der Waals surface area contributed by atoms with E-state index in [0.717, 1.165) is 0 Å². The van der Waals surface area contributed by atoms with Crippen LogP contribution in [0.5, 0.6) is 0 Å². The molecule has 3 rings (SSSR count). The Morgan fingerprint density at radius 1 is 1.39 bits per heavy atom. The normalized spacial score (nSPS) is 27.8. The van der Waals surface area contributed by atoms with E-state index in [0.29, 0.717) is 29.4 Å². The maximum atomic E-state index is 6.15. The average Bonchev–Trinajstić information content (AvgIpc) is 3.08. The van der Waals surface area contributed by atoms with Crippen LogP contribution in [0.25, 0.3) is 11.2 Å². The van der Waals surface area contributed by atoms with Gasteiger partial charge in [0.1, 0.15) is 23.5 Å². The van der Waals surface area contributed by atoms with Gasteiger partial charge in [-0.05, 0) is 14.0 Å². The molecule has 3 heterocycles. The van der Waals surface area contributed by atoms with Crippen molar-refractivity contribution in [3.8, 4) is 0 Å². The third-order valence-corrected chi connectivity index (χ3v) is 4.12. The van der Waals surface area contributed by atoms with E-state index in [4.69, 9.17) is 19.9 Å². The van der Waals surface area contributed by atoms with Gasteiger partial charge in [0.2, 0.25) is 0 Å². The molecule has 0 spiro atoms. The Balaban J connectivity index is 2.03. The molecule has 1 fully saturated rings. The minimum atomic E-state index is -0.378. The van der Waals surface area contributed by atoms with Gasteiger partial charge in [-0.1, -0.05) is 0 Å². The third kappa shape index (κ3) is 2.65. The van der Waals surface area contributed by atoms with Crippen molar-refractivity contribution in [1.29, 1.82) is 0 Å². The quantitative estimate of drug-likeness (QED) is 0.783. The molecule has 0 saturated carbocycles. The lowest BCUT2D eigenvalue weighted by atomic mass is 10.1. The summed E-state index contributed by atoms with van der Waals surface area (Å²) >= 11 is 0. The molecule has 3 N–H and O–H groups in total. The lowest BCUT2D eigenvalue weighted by Crippen LogP contribution is -2.44. The maximum Gasteiger partial charge on any atom is 0.167 e. The summed E-state index contributed by atoms with van der Waals surface area (Å²) in [6, 6.07) is -0.0114. The van der Waals surface area contributed by atoms with Crippen LogP contribution in [-0.2, 0) is 14.2 Å². The number of hydrogen-bond acceptors (Lipinski definition) is 8. The van der Waals surface area contributed by atoms with Crippen LogP contribution >= 0.6 is 0 Å². The van der Waals surface area contributed by atoms with Crippen molar-refractivity contribution in [3.05, 3.63) is 12.2 Å². The molecule has 0 bridgehead atoms. The predicted octanol–water partition coefficient (Wildman–Crippen LogP) is -0.136. The summed E-state index contributed by atoms with van der Waals surface area (Å²) in [5, 5.41) is 3.24. The van der Waals surface area contributed by atoms with E-state index in [1.807, 2.05) is 11.6 Å². The SMILES string of the molecule is CNC1C(OC)[C@H](n2cnc3c(N)nc(C)nc32)O[C@@H]1COC. The van der Waals surface area contributed by atoms with E-state index >= 15 is 0 Å². The highest BCUT2D eigenvalue weighted by molar-refractivity contribution is 5.81. The molecule has 9 heteroatoms. The number of anilines is 1. The second kappa shape index (κ2) is 6.36. The minimum Gasteiger partial charge on any atom is -0.382 e. The smallest absolute Gasteiger partial charge is 0.167 e. The number of nitrogens with zero attached hydrogens (tertiary/aromatic N) is 4. The number of nitrogens with two attached hydrogens (primary N) is 1. The zero-order valence-electron chi connectivity index (χ0n) is 13.7. The van der Waals surface area contributed by atoms with Gasteiger partial charge in [-0.2, -0.15) is 0 Å². The van der Waals surface area contributed by atoms with Crippen LogP contribution in [0, 0.1) is 6.92 Å². The summed E-state index contributed by atoms with van der Waals surface area (Å²) < 4.78 is 18.9. The number of likely N-dealkylation sites (N-methyl/N-ethyl adjacent to an activating group) is 1. The summed E-state index contributed by atoms with van der Waals surface area (Å²) in [5.74, 6) is 0.944. The van der Waals surface area contributed by atoms with Crippen molar-refractivity contribution >= 4 is 17.0 Å². The maximum absolute atomic E-state index is 6.15. The first-order valence-corrected chi connectivity index (χ1v) is 7.41. The molecule has 23 heavy (non-hydrogen) atoms. The number of hydrogen-bond donors (Lipinski definition) is 2. The molecule has 0 amide bonds. The second-order valence-electron chi connectivity index (χ2n) is 5.52. The van der Waals surface area contributed by atoms with Crippen LogP contribution in [0.4, 0.5) is 5.82 Å². The third-order valence-electron chi connectivity index (χ3n) is 4.12. The van der Waals surface area contributed by atoms with Gasteiger partial charge in [0.05, 0.1) is 19.0 Å². The van der Waals surface area contributed by atoms with E-state index in [9.17, 15) is 0 Å². The summed E-state index contributed by atoms with van der Waals surface area (Å²) in [7, 11) is 5.19. The summed E-state index contributed by atoms with van der Waals surface area (Å²) in [6.45, 7) is 2.26. The van der Waals surface area contributed by atoms with E-state index in [1.165, 1.54) is 0 Å². The molecule has 4 atom stereocenters. The molecule has 2 aromatic rings. The Kier molecular flexibility index (Phi) is 4.44. The van der Waals surface area contributed by atoms with Crippen LogP contribution < -0.4 is 11.1 Å². The molecule has 1 aliphatic heterocycles. The Labute approximate surface area is 134 Å². The Hall–Kier alpha value is -1.81. The Morgan fingerprint density at radius 2 is 2.17 bits per heavy atom. The van der Waals surface area contributed by atoms with E-state index in [1.54, 1.807) is 27.5 Å². The highest BCUT2D eigenvalue weighted by Gasteiger charge is 2.45. The van der Waals surface area contributed by atoms with Crippen molar-refractivity contribution in [2.24, 2.45) is 0 Å². The van der Waals surface area contributed by atoms with Gasteiger partial charge < -0.3 is 25.3 Å². The van der Waals surface area contributed by atoms with E-state index in [2.05, 4.69) is 20.3 Å². The summed E-state index contributed by atoms with van der Waals surface area (Å²) in [4.78, 5) is 12.9. The van der Waals surface area contributed by atoms with Crippen molar-refractivity contribution in [2.75, 3.05) is 33.6 Å². The number of fused-ring (bicyclic) bond motifs is 1. The molecule has 2 aromatic heterocycles. The number of aromatic nitrogens is 4. The highest BCUT2D eigenvalue weighted by Crippen LogP contribution is 2.33. The predicted molar refractivity (Wildman–Crippen MR) is 83.9 cm³/mol. The second-order valence-corrected chi connectivity index (χ2v) is 5.52. The fourth-order valence-corrected chi connectivity index (χ4v) is 3.11. The van der Waals surface area contributed by atoms with Crippen LogP contribution in [-0.4, -0.2) is 65.6 Å². The van der Waals surface area contributed by atoms with Crippen LogP contribution in [0.2, 0.25) is 0 Å². The van der Waals surface area contributed by atoms with Crippen LogP contribution in [0.15, 0.2) is 6.33 Å². The number of rotatable bonds is 5. The first-order chi connectivity index (χ1) is 11.1. The van der Waals surface area contributed by atoms with Crippen molar-refractivity contribution < 1.29 is 14.2 Å².